The molecule has 1 aliphatic rings. The second kappa shape index (κ2) is 6.27. The Balaban J connectivity index is 0.000000583. The van der Waals surface area contributed by atoms with Crippen LogP contribution in [0.4, 0.5) is 0 Å². The predicted molar refractivity (Wildman–Crippen MR) is 58.8 cm³/mol. The Labute approximate surface area is 89.6 Å². The van der Waals surface area contributed by atoms with Gasteiger partial charge in [0.15, 0.2) is 0 Å². The van der Waals surface area contributed by atoms with Gasteiger partial charge in [-0.2, -0.15) is 0 Å². The van der Waals surface area contributed by atoms with Crippen molar-refractivity contribution >= 4 is 6.41 Å². The average molecular weight is 213 g/mol. The van der Waals surface area contributed by atoms with Crippen LogP contribution in [0.1, 0.15) is 33.1 Å². The summed E-state index contributed by atoms with van der Waals surface area (Å²) in [6, 6.07) is 0.0627. The van der Waals surface area contributed by atoms with E-state index in [0.29, 0.717) is 5.41 Å². The van der Waals surface area contributed by atoms with Crippen LogP contribution in [0.2, 0.25) is 0 Å². The van der Waals surface area contributed by atoms with Gasteiger partial charge in [-0.05, 0) is 30.2 Å². The fraction of sp³-hybridized carbons (Fsp3) is 0.889. The molecule has 1 fully saturated rings. The molecule has 0 saturated heterocycles. The summed E-state index contributed by atoms with van der Waals surface area (Å²) in [6.45, 7) is 4.42. The van der Waals surface area contributed by atoms with Crippen LogP contribution in [0.3, 0.4) is 0 Å². The molecule has 1 aliphatic carbocycles. The van der Waals surface area contributed by atoms with Gasteiger partial charge in [0.05, 0.1) is 6.04 Å². The minimum Gasteiger partial charge on any atom is -0.372 e. The summed E-state index contributed by atoms with van der Waals surface area (Å²) in [6.07, 6.45) is 3.24. The number of hydrogen-bond acceptors (Lipinski definition) is 3. The molecule has 4 N–H and O–H groups in total. The first-order valence-electron chi connectivity index (χ1n) is 4.92. The standard InChI is InChI=1S/C8H16N4.CH3NO/c1-8(2)4-3-7(11-12-10)6(9)5-8;2-1-3/h6-7H,3-5,9H2,1-2H3;1H,(H2,2,3). The van der Waals surface area contributed by atoms with Crippen molar-refractivity contribution in [1.29, 1.82) is 0 Å². The lowest BCUT2D eigenvalue weighted by atomic mass is 9.73. The van der Waals surface area contributed by atoms with Crippen LogP contribution < -0.4 is 11.5 Å². The first-order valence-corrected chi connectivity index (χ1v) is 4.92. The van der Waals surface area contributed by atoms with Gasteiger partial charge in [-0.25, -0.2) is 0 Å². The minimum absolute atomic E-state index is 0.0167. The molecule has 0 heterocycles. The zero-order valence-electron chi connectivity index (χ0n) is 9.26. The Hall–Kier alpha value is -1.26. The van der Waals surface area contributed by atoms with E-state index in [1.165, 1.54) is 0 Å². The molecule has 15 heavy (non-hydrogen) atoms. The Kier molecular flexibility index (Phi) is 5.74. The zero-order valence-corrected chi connectivity index (χ0v) is 9.26. The summed E-state index contributed by atoms with van der Waals surface area (Å²) >= 11 is 0. The number of azide groups is 1. The first-order chi connectivity index (χ1) is 6.96. The lowest BCUT2D eigenvalue weighted by Crippen LogP contribution is -2.42. The van der Waals surface area contributed by atoms with E-state index >= 15 is 0 Å². The van der Waals surface area contributed by atoms with Gasteiger partial charge >= 0.3 is 0 Å². The smallest absolute Gasteiger partial charge is 0.204 e. The monoisotopic (exact) mass is 213 g/mol. The van der Waals surface area contributed by atoms with Crippen LogP contribution in [0.25, 0.3) is 10.4 Å². The highest BCUT2D eigenvalue weighted by atomic mass is 16.1. The fourth-order valence-corrected chi connectivity index (χ4v) is 1.84. The van der Waals surface area contributed by atoms with Crippen molar-refractivity contribution < 1.29 is 4.79 Å². The highest BCUT2D eigenvalue weighted by molar-refractivity contribution is 5.42. The molecular weight excluding hydrogens is 194 g/mol. The van der Waals surface area contributed by atoms with Crippen LogP contribution in [-0.4, -0.2) is 18.5 Å². The van der Waals surface area contributed by atoms with E-state index in [9.17, 15) is 0 Å². The van der Waals surface area contributed by atoms with E-state index in [-0.39, 0.29) is 18.5 Å². The van der Waals surface area contributed by atoms with Crippen LogP contribution >= 0.6 is 0 Å². The molecule has 0 aromatic carbocycles. The van der Waals surface area contributed by atoms with Crippen LogP contribution in [0.15, 0.2) is 5.11 Å². The van der Waals surface area contributed by atoms with Crippen LogP contribution in [-0.2, 0) is 4.79 Å². The summed E-state index contributed by atoms with van der Waals surface area (Å²) in [5, 5.41) is 3.69. The quantitative estimate of drug-likeness (QED) is 0.295. The van der Waals surface area contributed by atoms with E-state index < -0.39 is 0 Å². The van der Waals surface area contributed by atoms with E-state index in [4.69, 9.17) is 16.1 Å². The highest BCUT2D eigenvalue weighted by Crippen LogP contribution is 2.35. The molecule has 6 nitrogen and oxygen atoms in total. The second-order valence-electron chi connectivity index (χ2n) is 4.48. The summed E-state index contributed by atoms with van der Waals surface area (Å²) in [7, 11) is 0. The second-order valence-corrected chi connectivity index (χ2v) is 4.48. The number of carbonyl (C=O) groups is 1. The number of carbonyl (C=O) groups excluding carboxylic acids is 1. The number of nitrogens with zero attached hydrogens (tertiary/aromatic N) is 3. The molecule has 0 spiro atoms. The lowest BCUT2D eigenvalue weighted by molar-refractivity contribution is -0.106. The van der Waals surface area contributed by atoms with Gasteiger partial charge in [0, 0.05) is 11.0 Å². The molecule has 0 aliphatic heterocycles. The molecule has 0 bridgehead atoms. The molecule has 2 atom stereocenters. The predicted octanol–water partition coefficient (Wildman–Crippen LogP) is 1.30. The zero-order chi connectivity index (χ0) is 11.9. The van der Waals surface area contributed by atoms with Crippen LogP contribution in [0.5, 0.6) is 0 Å². The Morgan fingerprint density at radius 1 is 1.60 bits per heavy atom. The molecule has 0 aromatic rings. The van der Waals surface area contributed by atoms with Gasteiger partial charge in [0.25, 0.3) is 0 Å². The third-order valence-electron chi connectivity index (χ3n) is 2.60. The molecule has 1 rings (SSSR count). The van der Waals surface area contributed by atoms with Gasteiger partial charge in [-0.1, -0.05) is 19.0 Å². The van der Waals surface area contributed by atoms with Crippen LogP contribution in [0, 0.1) is 5.41 Å². The van der Waals surface area contributed by atoms with E-state index in [2.05, 4.69) is 29.6 Å². The lowest BCUT2D eigenvalue weighted by Gasteiger charge is -2.36. The maximum Gasteiger partial charge on any atom is 0.204 e. The van der Waals surface area contributed by atoms with Gasteiger partial charge in [0.2, 0.25) is 6.41 Å². The van der Waals surface area contributed by atoms with Crippen molar-refractivity contribution in [3.8, 4) is 0 Å². The average Bonchev–Trinajstić information content (AvgIpc) is 2.11. The van der Waals surface area contributed by atoms with Crippen molar-refractivity contribution in [2.75, 3.05) is 0 Å². The Morgan fingerprint density at radius 2 is 2.13 bits per heavy atom. The number of rotatable bonds is 1. The molecule has 0 aromatic heterocycles. The van der Waals surface area contributed by atoms with Crippen molar-refractivity contribution in [3.05, 3.63) is 10.4 Å². The molecule has 0 radical (unpaired) electrons. The summed E-state index contributed by atoms with van der Waals surface area (Å²) in [5.41, 5.74) is 18.6. The summed E-state index contributed by atoms with van der Waals surface area (Å²) in [5.74, 6) is 0. The normalized spacial score (nSPS) is 27.9. The van der Waals surface area contributed by atoms with Crippen molar-refractivity contribution in [1.82, 2.24) is 0 Å². The van der Waals surface area contributed by atoms with E-state index in [1.807, 2.05) is 0 Å². The Bertz CT molecular complexity index is 247. The molecular formula is C9H19N5O. The summed E-state index contributed by atoms with van der Waals surface area (Å²) < 4.78 is 0. The highest BCUT2D eigenvalue weighted by Gasteiger charge is 2.31. The third kappa shape index (κ3) is 5.24. The van der Waals surface area contributed by atoms with Crippen molar-refractivity contribution in [2.24, 2.45) is 22.0 Å². The molecule has 1 amide bonds. The SMILES string of the molecule is CC1(C)CCC(N=[N+]=[N-])C(N)C1.NC=O. The topological polar surface area (TPSA) is 118 Å². The molecule has 6 heteroatoms. The largest absolute Gasteiger partial charge is 0.372 e. The molecule has 1 saturated carbocycles. The third-order valence-corrected chi connectivity index (χ3v) is 2.60. The number of primary amides is 1. The van der Waals surface area contributed by atoms with E-state index in [1.54, 1.807) is 0 Å². The van der Waals surface area contributed by atoms with Gasteiger partial charge < -0.3 is 11.5 Å². The van der Waals surface area contributed by atoms with Gasteiger partial charge in [0.1, 0.15) is 0 Å². The molecule has 86 valence electrons. The van der Waals surface area contributed by atoms with Crippen molar-refractivity contribution in [3.63, 3.8) is 0 Å². The number of nitrogens with two attached hydrogens (primary N) is 2. The number of amides is 1. The first kappa shape index (κ1) is 13.7. The molecule has 2 unspecified atom stereocenters. The van der Waals surface area contributed by atoms with E-state index in [0.717, 1.165) is 19.3 Å². The minimum atomic E-state index is 0.0167. The maximum absolute atomic E-state index is 8.58. The number of hydrogen-bond donors (Lipinski definition) is 2. The summed E-state index contributed by atoms with van der Waals surface area (Å²) in [4.78, 5) is 11.4. The van der Waals surface area contributed by atoms with Crippen molar-refractivity contribution in [2.45, 2.75) is 45.2 Å². The fourth-order valence-electron chi connectivity index (χ4n) is 1.84. The van der Waals surface area contributed by atoms with Gasteiger partial charge in [-0.3, -0.25) is 4.79 Å². The Morgan fingerprint density at radius 3 is 2.53 bits per heavy atom. The maximum atomic E-state index is 8.58. The van der Waals surface area contributed by atoms with Gasteiger partial charge in [-0.15, -0.1) is 0 Å².